The van der Waals surface area contributed by atoms with Crippen molar-refractivity contribution in [3.63, 3.8) is 0 Å². The van der Waals surface area contributed by atoms with Gasteiger partial charge in [0.2, 0.25) is 10.0 Å². The van der Waals surface area contributed by atoms with Crippen molar-refractivity contribution in [1.29, 1.82) is 0 Å². The molecule has 29 heavy (non-hydrogen) atoms. The number of hydrogen-bond donors (Lipinski definition) is 2. The predicted octanol–water partition coefficient (Wildman–Crippen LogP) is 2.30. The highest BCUT2D eigenvalue weighted by atomic mass is 32.2. The van der Waals surface area contributed by atoms with Crippen LogP contribution in [-0.2, 0) is 26.1 Å². The van der Waals surface area contributed by atoms with Gasteiger partial charge in [0.05, 0.1) is 10.5 Å². The number of esters is 1. The molecule has 0 bridgehead atoms. The SMILES string of the molecule is Cc1ccc(C(=O)O[C@H](C)C(=O)NC2CC2)cc1S(=O)(=O)NCc1ccccc1. The zero-order valence-corrected chi connectivity index (χ0v) is 17.2. The first-order chi connectivity index (χ1) is 13.8. The first-order valence-electron chi connectivity index (χ1n) is 9.42. The lowest BCUT2D eigenvalue weighted by Gasteiger charge is -2.14. The van der Waals surface area contributed by atoms with Gasteiger partial charge in [-0.3, -0.25) is 4.79 Å². The second-order valence-electron chi connectivity index (χ2n) is 7.12. The monoisotopic (exact) mass is 416 g/mol. The van der Waals surface area contributed by atoms with E-state index in [1.54, 1.807) is 13.0 Å². The molecule has 0 aromatic heterocycles. The standard InChI is InChI=1S/C21H24N2O5S/c1-14-8-9-17(21(25)28-15(2)20(24)23-18-10-11-18)12-19(14)29(26,27)22-13-16-6-4-3-5-7-16/h3-9,12,15,18,22H,10-11,13H2,1-2H3,(H,23,24)/t15-/m1/s1. The van der Waals surface area contributed by atoms with E-state index < -0.39 is 22.1 Å². The summed E-state index contributed by atoms with van der Waals surface area (Å²) in [4.78, 5) is 24.4. The summed E-state index contributed by atoms with van der Waals surface area (Å²) in [5, 5.41) is 2.77. The minimum atomic E-state index is -3.83. The van der Waals surface area contributed by atoms with Crippen LogP contribution >= 0.6 is 0 Å². The molecule has 0 heterocycles. The Bertz CT molecular complexity index is 1000. The van der Waals surface area contributed by atoms with E-state index in [1.807, 2.05) is 30.3 Å². The summed E-state index contributed by atoms with van der Waals surface area (Å²) in [5.74, 6) is -1.10. The van der Waals surface area contributed by atoms with Crippen molar-refractivity contribution in [3.05, 3.63) is 65.2 Å². The van der Waals surface area contributed by atoms with Crippen LogP contribution in [0.15, 0.2) is 53.4 Å². The van der Waals surface area contributed by atoms with Crippen LogP contribution in [-0.4, -0.2) is 32.4 Å². The molecule has 0 unspecified atom stereocenters. The van der Waals surface area contributed by atoms with Crippen molar-refractivity contribution in [3.8, 4) is 0 Å². The third-order valence-electron chi connectivity index (χ3n) is 4.60. The van der Waals surface area contributed by atoms with Crippen LogP contribution in [0, 0.1) is 6.92 Å². The molecule has 0 spiro atoms. The van der Waals surface area contributed by atoms with Crippen LogP contribution in [0.25, 0.3) is 0 Å². The molecule has 1 fully saturated rings. The van der Waals surface area contributed by atoms with E-state index in [0.29, 0.717) is 5.56 Å². The molecule has 2 N–H and O–H groups in total. The number of carbonyl (C=O) groups is 2. The molecule has 0 radical (unpaired) electrons. The van der Waals surface area contributed by atoms with Crippen molar-refractivity contribution in [1.82, 2.24) is 10.0 Å². The molecule has 0 saturated heterocycles. The number of amides is 1. The van der Waals surface area contributed by atoms with E-state index >= 15 is 0 Å². The Kier molecular flexibility index (Phi) is 6.34. The molecule has 2 aromatic rings. The first-order valence-corrected chi connectivity index (χ1v) is 10.9. The van der Waals surface area contributed by atoms with Crippen molar-refractivity contribution < 1.29 is 22.7 Å². The third kappa shape index (κ3) is 5.65. The van der Waals surface area contributed by atoms with Crippen molar-refractivity contribution in [2.24, 2.45) is 0 Å². The zero-order chi connectivity index (χ0) is 21.0. The van der Waals surface area contributed by atoms with E-state index in [-0.39, 0.29) is 29.0 Å². The smallest absolute Gasteiger partial charge is 0.338 e. The van der Waals surface area contributed by atoms with Crippen molar-refractivity contribution >= 4 is 21.9 Å². The molecule has 8 heteroatoms. The van der Waals surface area contributed by atoms with Gasteiger partial charge < -0.3 is 10.1 Å². The average molecular weight is 416 g/mol. The predicted molar refractivity (Wildman–Crippen MR) is 108 cm³/mol. The molecule has 154 valence electrons. The van der Waals surface area contributed by atoms with Crippen molar-refractivity contribution in [2.45, 2.75) is 50.3 Å². The molecule has 3 rings (SSSR count). The summed E-state index contributed by atoms with van der Waals surface area (Å²) in [7, 11) is -3.83. The summed E-state index contributed by atoms with van der Waals surface area (Å²) < 4.78 is 33.2. The van der Waals surface area contributed by atoms with Crippen LogP contribution in [0.1, 0.15) is 41.3 Å². The Hall–Kier alpha value is -2.71. The minimum absolute atomic E-state index is 0.00188. The van der Waals surface area contributed by atoms with Gasteiger partial charge in [-0.25, -0.2) is 17.9 Å². The lowest BCUT2D eigenvalue weighted by Crippen LogP contribution is -2.37. The van der Waals surface area contributed by atoms with Gasteiger partial charge in [-0.1, -0.05) is 36.4 Å². The average Bonchev–Trinajstić information content (AvgIpc) is 3.51. The maximum absolute atomic E-state index is 12.7. The molecule has 1 amide bonds. The molecule has 2 aromatic carbocycles. The second-order valence-corrected chi connectivity index (χ2v) is 8.86. The Morgan fingerprint density at radius 3 is 2.48 bits per heavy atom. The highest BCUT2D eigenvalue weighted by molar-refractivity contribution is 7.89. The summed E-state index contributed by atoms with van der Waals surface area (Å²) >= 11 is 0. The number of benzene rings is 2. The van der Waals surface area contributed by atoms with E-state index in [1.165, 1.54) is 19.1 Å². The number of rotatable bonds is 8. The molecule has 1 aliphatic carbocycles. The second kappa shape index (κ2) is 8.75. The van der Waals surface area contributed by atoms with Crippen LogP contribution in [0.3, 0.4) is 0 Å². The topological polar surface area (TPSA) is 102 Å². The molecular weight excluding hydrogens is 392 g/mol. The summed E-state index contributed by atoms with van der Waals surface area (Å²) in [6.45, 7) is 3.27. The van der Waals surface area contributed by atoms with Crippen LogP contribution in [0.2, 0.25) is 0 Å². The highest BCUT2D eigenvalue weighted by Gasteiger charge is 2.28. The van der Waals surface area contributed by atoms with E-state index in [9.17, 15) is 18.0 Å². The lowest BCUT2D eigenvalue weighted by atomic mass is 10.1. The fraction of sp³-hybridized carbons (Fsp3) is 0.333. The highest BCUT2D eigenvalue weighted by Crippen LogP contribution is 2.20. The minimum Gasteiger partial charge on any atom is -0.449 e. The van der Waals surface area contributed by atoms with Crippen LogP contribution in [0.5, 0.6) is 0 Å². The Labute approximate surface area is 170 Å². The fourth-order valence-corrected chi connectivity index (χ4v) is 3.98. The zero-order valence-electron chi connectivity index (χ0n) is 16.3. The largest absolute Gasteiger partial charge is 0.449 e. The van der Waals surface area contributed by atoms with Crippen LogP contribution < -0.4 is 10.0 Å². The van der Waals surface area contributed by atoms with Crippen LogP contribution in [0.4, 0.5) is 0 Å². The van der Waals surface area contributed by atoms with E-state index in [0.717, 1.165) is 18.4 Å². The van der Waals surface area contributed by atoms with E-state index in [2.05, 4.69) is 10.0 Å². The molecular formula is C21H24N2O5S. The molecule has 1 atom stereocenters. The van der Waals surface area contributed by atoms with E-state index in [4.69, 9.17) is 4.74 Å². The van der Waals surface area contributed by atoms with Gasteiger partial charge in [-0.05, 0) is 49.9 Å². The van der Waals surface area contributed by atoms with Gasteiger partial charge in [0.25, 0.3) is 5.91 Å². The molecule has 0 aliphatic heterocycles. The summed E-state index contributed by atoms with van der Waals surface area (Å²) in [6, 6.07) is 13.6. The number of hydrogen-bond acceptors (Lipinski definition) is 5. The van der Waals surface area contributed by atoms with Crippen molar-refractivity contribution in [2.75, 3.05) is 0 Å². The summed E-state index contributed by atoms with van der Waals surface area (Å²) in [6.07, 6.45) is 0.907. The van der Waals surface area contributed by atoms with Gasteiger partial charge >= 0.3 is 5.97 Å². The Balaban J connectivity index is 1.70. The molecule has 7 nitrogen and oxygen atoms in total. The maximum atomic E-state index is 12.7. The van der Waals surface area contributed by atoms with Gasteiger partial charge in [0.1, 0.15) is 0 Å². The number of nitrogens with one attached hydrogen (secondary N) is 2. The van der Waals surface area contributed by atoms with Gasteiger partial charge in [0, 0.05) is 12.6 Å². The quantitative estimate of drug-likeness (QED) is 0.643. The summed E-state index contributed by atoms with van der Waals surface area (Å²) in [5.41, 5.74) is 1.39. The molecule has 1 saturated carbocycles. The molecule has 1 aliphatic rings. The number of carbonyl (C=O) groups excluding carboxylic acids is 2. The Morgan fingerprint density at radius 2 is 1.83 bits per heavy atom. The van der Waals surface area contributed by atoms with Gasteiger partial charge in [-0.15, -0.1) is 0 Å². The fourth-order valence-electron chi connectivity index (χ4n) is 2.70. The Morgan fingerprint density at radius 1 is 1.14 bits per heavy atom. The number of aryl methyl sites for hydroxylation is 1. The van der Waals surface area contributed by atoms with Gasteiger partial charge in [0.15, 0.2) is 6.10 Å². The number of sulfonamides is 1. The maximum Gasteiger partial charge on any atom is 0.338 e. The third-order valence-corrected chi connectivity index (χ3v) is 6.14. The van der Waals surface area contributed by atoms with Gasteiger partial charge in [-0.2, -0.15) is 0 Å². The first kappa shape index (κ1) is 21.0. The number of ether oxygens (including phenoxy) is 1. The lowest BCUT2D eigenvalue weighted by molar-refractivity contribution is -0.129. The normalized spacial score (nSPS) is 14.8.